The standard InChI is InChI=1S/C14H18N3O3.3CH3.Sn/c1-14(2,3)20-13(19)16-8-9-17(12(18)10-16)11-4-6-15-7-5-11;;;;/h4-6H,8-10H2,1-3H3;3*1H3;. The number of carbonyl (C=O) groups excluding carboxylic acids is 2. The first-order valence-corrected chi connectivity index (χ1v) is 18.2. The quantitative estimate of drug-likeness (QED) is 0.662. The summed E-state index contributed by atoms with van der Waals surface area (Å²) in [5, 5.41) is 0. The van der Waals surface area contributed by atoms with E-state index in [1.807, 2.05) is 32.9 Å². The van der Waals surface area contributed by atoms with Crippen molar-refractivity contribution in [1.82, 2.24) is 9.88 Å². The van der Waals surface area contributed by atoms with Gasteiger partial charge < -0.3 is 0 Å². The van der Waals surface area contributed by atoms with Crippen molar-refractivity contribution in [2.24, 2.45) is 0 Å². The number of aromatic nitrogens is 1. The summed E-state index contributed by atoms with van der Waals surface area (Å²) in [7, 11) is 0. The summed E-state index contributed by atoms with van der Waals surface area (Å²) in [4.78, 5) is 39.2. The van der Waals surface area contributed by atoms with Crippen molar-refractivity contribution in [3.8, 4) is 0 Å². The summed E-state index contributed by atoms with van der Waals surface area (Å²) in [6.07, 6.45) is 1.34. The maximum atomic E-state index is 12.5. The van der Waals surface area contributed by atoms with Gasteiger partial charge in [0.15, 0.2) is 0 Å². The normalized spacial score (nSPS) is 16.3. The molecular formula is C17H27N3O3Sn. The molecule has 0 saturated carbocycles. The van der Waals surface area contributed by atoms with Gasteiger partial charge in [-0.25, -0.2) is 0 Å². The second-order valence-electron chi connectivity index (χ2n) is 8.10. The van der Waals surface area contributed by atoms with Crippen molar-refractivity contribution in [3.63, 3.8) is 0 Å². The first-order valence-electron chi connectivity index (χ1n) is 8.22. The molecule has 2 heterocycles. The number of anilines is 1. The zero-order valence-electron chi connectivity index (χ0n) is 15.4. The Labute approximate surface area is 148 Å². The fraction of sp³-hybridized carbons (Fsp3) is 0.588. The van der Waals surface area contributed by atoms with E-state index >= 15 is 0 Å². The Kier molecular flexibility index (Phi) is 5.47. The Morgan fingerprint density at radius 1 is 1.25 bits per heavy atom. The predicted octanol–water partition coefficient (Wildman–Crippen LogP) is 2.21. The Morgan fingerprint density at radius 2 is 1.92 bits per heavy atom. The summed E-state index contributed by atoms with van der Waals surface area (Å²) in [5.74, 6) is -0.0895. The van der Waals surface area contributed by atoms with Gasteiger partial charge in [0.05, 0.1) is 0 Å². The van der Waals surface area contributed by atoms with Crippen LogP contribution in [-0.4, -0.2) is 65.5 Å². The second-order valence-corrected chi connectivity index (χ2v) is 22.4. The molecule has 0 radical (unpaired) electrons. The van der Waals surface area contributed by atoms with Gasteiger partial charge in [0, 0.05) is 0 Å². The van der Waals surface area contributed by atoms with Gasteiger partial charge in [-0.2, -0.15) is 0 Å². The Balaban J connectivity index is 2.09. The number of carbonyl (C=O) groups is 2. The topological polar surface area (TPSA) is 62.7 Å². The van der Waals surface area contributed by atoms with Gasteiger partial charge >= 0.3 is 148 Å². The molecule has 0 spiro atoms. The molecule has 1 fully saturated rings. The zero-order valence-corrected chi connectivity index (χ0v) is 18.3. The van der Waals surface area contributed by atoms with Crippen molar-refractivity contribution in [2.75, 3.05) is 24.5 Å². The number of ether oxygens (including phenoxy) is 1. The zero-order chi connectivity index (χ0) is 18.1. The van der Waals surface area contributed by atoms with Gasteiger partial charge in [0.2, 0.25) is 0 Å². The number of piperazine rings is 1. The van der Waals surface area contributed by atoms with Gasteiger partial charge in [-0.3, -0.25) is 0 Å². The van der Waals surface area contributed by atoms with Crippen LogP contribution < -0.4 is 8.61 Å². The van der Waals surface area contributed by atoms with E-state index in [9.17, 15) is 9.59 Å². The van der Waals surface area contributed by atoms with Gasteiger partial charge in [-0.1, -0.05) is 0 Å². The third kappa shape index (κ3) is 4.84. The molecule has 2 amide bonds. The third-order valence-electron chi connectivity index (χ3n) is 3.70. The van der Waals surface area contributed by atoms with Crippen LogP contribution in [-0.2, 0) is 9.53 Å². The minimum atomic E-state index is -2.29. The summed E-state index contributed by atoms with van der Waals surface area (Å²) < 4.78 is 6.49. The molecule has 1 aromatic rings. The summed E-state index contributed by atoms with van der Waals surface area (Å²) in [6.45, 7) is 6.45. The Morgan fingerprint density at radius 3 is 2.46 bits per heavy atom. The molecule has 1 aromatic heterocycles. The molecule has 24 heavy (non-hydrogen) atoms. The number of rotatable bonds is 2. The minimum absolute atomic E-state index is 0.0470. The number of nitrogens with zero attached hydrogens (tertiary/aromatic N) is 3. The van der Waals surface area contributed by atoms with E-state index in [4.69, 9.17) is 4.74 Å². The SMILES string of the molecule is CC(C)(C)OC(=O)N1CCN(c2ccn[c]([Sn]([CH3])([CH3])[CH3])c2)C(=O)C1. The molecule has 0 unspecified atom stereocenters. The molecule has 2 rings (SSSR count). The van der Waals surface area contributed by atoms with Crippen molar-refractivity contribution in [1.29, 1.82) is 0 Å². The molecule has 0 aliphatic carbocycles. The van der Waals surface area contributed by atoms with Gasteiger partial charge in [-0.15, -0.1) is 0 Å². The first kappa shape index (κ1) is 19.0. The molecule has 1 aliphatic heterocycles. The van der Waals surface area contributed by atoms with E-state index in [1.165, 1.54) is 4.90 Å². The van der Waals surface area contributed by atoms with Crippen LogP contribution in [0, 0.1) is 0 Å². The average Bonchev–Trinajstić information content (AvgIpc) is 2.44. The van der Waals surface area contributed by atoms with E-state index in [2.05, 4.69) is 19.8 Å². The summed E-state index contributed by atoms with van der Waals surface area (Å²) in [6, 6.07) is 3.90. The van der Waals surface area contributed by atoms with E-state index in [0.717, 1.165) is 9.40 Å². The number of hydrogen-bond acceptors (Lipinski definition) is 4. The van der Waals surface area contributed by atoms with E-state index in [1.54, 1.807) is 11.1 Å². The third-order valence-corrected chi connectivity index (χ3v) is 8.86. The van der Waals surface area contributed by atoms with Crippen molar-refractivity contribution in [3.05, 3.63) is 18.3 Å². The van der Waals surface area contributed by atoms with Crippen molar-refractivity contribution in [2.45, 2.75) is 41.2 Å². The van der Waals surface area contributed by atoms with Crippen LogP contribution in [0.4, 0.5) is 10.5 Å². The Bertz CT molecular complexity index is 635. The summed E-state index contributed by atoms with van der Waals surface area (Å²) in [5.41, 5.74) is 0.317. The molecule has 0 bridgehead atoms. The number of pyridine rings is 1. The maximum absolute atomic E-state index is 12.5. The second kappa shape index (κ2) is 6.90. The molecule has 132 valence electrons. The number of amides is 2. The van der Waals surface area contributed by atoms with Crippen LogP contribution in [0.25, 0.3) is 0 Å². The van der Waals surface area contributed by atoms with E-state index < -0.39 is 30.1 Å². The van der Waals surface area contributed by atoms with Crippen LogP contribution in [0.1, 0.15) is 20.8 Å². The number of hydrogen-bond donors (Lipinski definition) is 0. The average molecular weight is 440 g/mol. The predicted molar refractivity (Wildman–Crippen MR) is 97.4 cm³/mol. The summed E-state index contributed by atoms with van der Waals surface area (Å²) >= 11 is -2.29. The van der Waals surface area contributed by atoms with Gasteiger partial charge in [-0.05, 0) is 0 Å². The molecule has 0 atom stereocenters. The van der Waals surface area contributed by atoms with Crippen LogP contribution in [0.15, 0.2) is 18.3 Å². The fourth-order valence-electron chi connectivity index (χ4n) is 2.43. The molecule has 7 heteroatoms. The van der Waals surface area contributed by atoms with Gasteiger partial charge in [0.1, 0.15) is 0 Å². The Hall–Kier alpha value is -1.31. The van der Waals surface area contributed by atoms with E-state index in [-0.39, 0.29) is 12.5 Å². The fourth-order valence-corrected chi connectivity index (χ4v) is 5.40. The van der Waals surface area contributed by atoms with Crippen LogP contribution in [0.2, 0.25) is 14.8 Å². The monoisotopic (exact) mass is 441 g/mol. The van der Waals surface area contributed by atoms with Crippen LogP contribution >= 0.6 is 0 Å². The van der Waals surface area contributed by atoms with Gasteiger partial charge in [0.25, 0.3) is 0 Å². The molecule has 0 N–H and O–H groups in total. The molecule has 1 saturated heterocycles. The molecule has 0 aromatic carbocycles. The van der Waals surface area contributed by atoms with E-state index in [0.29, 0.717) is 13.1 Å². The van der Waals surface area contributed by atoms with Crippen LogP contribution in [0.5, 0.6) is 0 Å². The first-order chi connectivity index (χ1) is 11.0. The van der Waals surface area contributed by atoms with Crippen molar-refractivity contribution < 1.29 is 14.3 Å². The van der Waals surface area contributed by atoms with Crippen molar-refractivity contribution >= 4 is 39.8 Å². The molecular weight excluding hydrogens is 413 g/mol. The molecule has 6 nitrogen and oxygen atoms in total. The molecule has 1 aliphatic rings. The van der Waals surface area contributed by atoms with Crippen LogP contribution in [0.3, 0.4) is 0 Å².